The Kier molecular flexibility index (Phi) is 6.95. The third-order valence-electron chi connectivity index (χ3n) is 5.40. The Labute approximate surface area is 183 Å². The number of anilines is 1. The molecular weight excluding hydrogens is 394 g/mol. The number of ether oxygens (including phenoxy) is 1. The smallest absolute Gasteiger partial charge is 0.248 e. The van der Waals surface area contributed by atoms with Gasteiger partial charge in [-0.3, -0.25) is 19.3 Å². The number of hydrogen-bond donors (Lipinski definition) is 0. The molecule has 0 atom stereocenters. The van der Waals surface area contributed by atoms with E-state index >= 15 is 0 Å². The van der Waals surface area contributed by atoms with Crippen LogP contribution in [0.2, 0.25) is 0 Å². The summed E-state index contributed by atoms with van der Waals surface area (Å²) in [5, 5.41) is 0. The van der Waals surface area contributed by atoms with Gasteiger partial charge in [-0.1, -0.05) is 29.8 Å². The number of rotatable bonds is 7. The normalized spacial score (nSPS) is 13.6. The van der Waals surface area contributed by atoms with Gasteiger partial charge in [0.1, 0.15) is 25.5 Å². The fraction of sp³-hybridized carbons (Fsp3) is 0.375. The van der Waals surface area contributed by atoms with E-state index in [0.29, 0.717) is 0 Å². The van der Waals surface area contributed by atoms with Gasteiger partial charge in [0, 0.05) is 11.7 Å². The minimum absolute atomic E-state index is 0.0192. The second-order valence-corrected chi connectivity index (χ2v) is 8.03. The number of amides is 3. The van der Waals surface area contributed by atoms with E-state index in [9.17, 15) is 14.4 Å². The van der Waals surface area contributed by atoms with Crippen molar-refractivity contribution in [1.29, 1.82) is 0 Å². The van der Waals surface area contributed by atoms with Crippen molar-refractivity contribution in [3.05, 3.63) is 59.7 Å². The molecular formula is C24H29N3O4. The Morgan fingerprint density at radius 3 is 2.29 bits per heavy atom. The van der Waals surface area contributed by atoms with Gasteiger partial charge in [0.25, 0.3) is 0 Å². The van der Waals surface area contributed by atoms with Gasteiger partial charge in [0.2, 0.25) is 17.7 Å². The van der Waals surface area contributed by atoms with Gasteiger partial charge in [0.05, 0.1) is 13.5 Å². The highest BCUT2D eigenvalue weighted by Crippen LogP contribution is 2.20. The van der Waals surface area contributed by atoms with Crippen molar-refractivity contribution in [2.45, 2.75) is 33.2 Å². The highest BCUT2D eigenvalue weighted by atomic mass is 16.5. The predicted molar refractivity (Wildman–Crippen MR) is 119 cm³/mol. The number of benzene rings is 2. The molecule has 3 rings (SSSR count). The lowest BCUT2D eigenvalue weighted by Gasteiger charge is -2.28. The molecule has 1 aliphatic rings. The molecule has 1 aliphatic heterocycles. The fourth-order valence-corrected chi connectivity index (χ4v) is 3.49. The third-order valence-corrected chi connectivity index (χ3v) is 5.40. The molecule has 1 fully saturated rings. The van der Waals surface area contributed by atoms with Crippen LogP contribution < -0.4 is 9.64 Å². The molecule has 0 N–H and O–H groups in total. The van der Waals surface area contributed by atoms with Gasteiger partial charge in [-0.25, -0.2) is 0 Å². The molecule has 31 heavy (non-hydrogen) atoms. The minimum atomic E-state index is -0.236. The van der Waals surface area contributed by atoms with Gasteiger partial charge in [-0.05, 0) is 50.6 Å². The van der Waals surface area contributed by atoms with Crippen LogP contribution in [0.15, 0.2) is 48.5 Å². The second kappa shape index (κ2) is 9.64. The van der Waals surface area contributed by atoms with Gasteiger partial charge in [0.15, 0.2) is 0 Å². The molecule has 1 saturated heterocycles. The molecule has 0 spiro atoms. The molecule has 164 valence electrons. The summed E-state index contributed by atoms with van der Waals surface area (Å²) in [4.78, 5) is 42.9. The summed E-state index contributed by atoms with van der Waals surface area (Å²) in [6.45, 7) is 5.90. The van der Waals surface area contributed by atoms with Gasteiger partial charge in [-0.15, -0.1) is 0 Å². The van der Waals surface area contributed by atoms with Gasteiger partial charge >= 0.3 is 0 Å². The van der Waals surface area contributed by atoms with E-state index in [1.807, 2.05) is 69.3 Å². The summed E-state index contributed by atoms with van der Waals surface area (Å²) < 4.78 is 5.15. The summed E-state index contributed by atoms with van der Waals surface area (Å²) >= 11 is 0. The maximum atomic E-state index is 12.9. The first-order valence-corrected chi connectivity index (χ1v) is 10.4. The van der Waals surface area contributed by atoms with Gasteiger partial charge < -0.3 is 14.5 Å². The first kappa shape index (κ1) is 22.3. The third kappa shape index (κ3) is 5.42. The maximum absolute atomic E-state index is 12.9. The number of aryl methyl sites for hydroxylation is 1. The van der Waals surface area contributed by atoms with Crippen LogP contribution in [0.3, 0.4) is 0 Å². The number of hydrogen-bond acceptors (Lipinski definition) is 4. The molecule has 7 heteroatoms. The lowest BCUT2D eigenvalue weighted by Crippen LogP contribution is -2.46. The van der Waals surface area contributed by atoms with E-state index in [2.05, 4.69) is 0 Å². The first-order chi connectivity index (χ1) is 14.8. The van der Waals surface area contributed by atoms with Crippen molar-refractivity contribution < 1.29 is 19.1 Å². The molecule has 7 nitrogen and oxygen atoms in total. The highest BCUT2D eigenvalue weighted by Gasteiger charge is 2.33. The number of nitrogens with zero attached hydrogens (tertiary/aromatic N) is 3. The minimum Gasteiger partial charge on any atom is -0.497 e. The zero-order valence-electron chi connectivity index (χ0n) is 18.5. The number of carbonyl (C=O) groups excluding carboxylic acids is 3. The average molecular weight is 424 g/mol. The molecule has 0 bridgehead atoms. The van der Waals surface area contributed by atoms with E-state index < -0.39 is 0 Å². The SMILES string of the molecule is COc1ccc(CC(=O)N(CC(=O)N2CC(=O)N(c3ccc(C)cc3)C2)C(C)C)cc1. The lowest BCUT2D eigenvalue weighted by molar-refractivity contribution is -0.141. The van der Waals surface area contributed by atoms with Crippen LogP contribution in [0.5, 0.6) is 5.75 Å². The van der Waals surface area contributed by atoms with Crippen molar-refractivity contribution in [1.82, 2.24) is 9.80 Å². The van der Waals surface area contributed by atoms with E-state index in [1.165, 1.54) is 4.90 Å². The zero-order valence-corrected chi connectivity index (χ0v) is 18.5. The largest absolute Gasteiger partial charge is 0.497 e. The molecule has 2 aromatic carbocycles. The van der Waals surface area contributed by atoms with Crippen LogP contribution in [0, 0.1) is 6.92 Å². The molecule has 0 aromatic heterocycles. The summed E-state index contributed by atoms with van der Waals surface area (Å²) in [6.07, 6.45) is 0.198. The Hall–Kier alpha value is -3.35. The fourth-order valence-electron chi connectivity index (χ4n) is 3.49. The standard InChI is InChI=1S/C24H29N3O4/c1-17(2)26(22(28)13-19-7-11-21(31-4)12-8-19)15-23(29)25-14-24(30)27(16-25)20-9-5-18(3)6-10-20/h5-12,17H,13-16H2,1-4H3. The first-order valence-electron chi connectivity index (χ1n) is 10.4. The van der Waals surface area contributed by atoms with Gasteiger partial charge in [-0.2, -0.15) is 0 Å². The van der Waals surface area contributed by atoms with Crippen LogP contribution in [0.1, 0.15) is 25.0 Å². The molecule has 0 aliphatic carbocycles. The van der Waals surface area contributed by atoms with Crippen molar-refractivity contribution in [3.63, 3.8) is 0 Å². The predicted octanol–water partition coefficient (Wildman–Crippen LogP) is 2.62. The molecule has 2 aromatic rings. The van der Waals surface area contributed by atoms with Crippen LogP contribution >= 0.6 is 0 Å². The summed E-state index contributed by atoms with van der Waals surface area (Å²) in [5.41, 5.74) is 2.72. The zero-order chi connectivity index (χ0) is 22.5. The molecule has 0 radical (unpaired) electrons. The van der Waals surface area contributed by atoms with E-state index in [-0.39, 0.29) is 49.9 Å². The Morgan fingerprint density at radius 2 is 1.71 bits per heavy atom. The van der Waals surface area contributed by atoms with Crippen LogP contribution in [-0.2, 0) is 20.8 Å². The highest BCUT2D eigenvalue weighted by molar-refractivity contribution is 6.00. The molecule has 1 heterocycles. The maximum Gasteiger partial charge on any atom is 0.248 e. The van der Waals surface area contributed by atoms with E-state index in [0.717, 1.165) is 22.6 Å². The van der Waals surface area contributed by atoms with Crippen molar-refractivity contribution in [2.24, 2.45) is 0 Å². The molecule has 0 saturated carbocycles. The van der Waals surface area contributed by atoms with Crippen molar-refractivity contribution in [3.8, 4) is 5.75 Å². The number of methoxy groups -OCH3 is 1. The van der Waals surface area contributed by atoms with E-state index in [1.54, 1.807) is 16.9 Å². The van der Waals surface area contributed by atoms with Crippen LogP contribution in [0.25, 0.3) is 0 Å². The lowest BCUT2D eigenvalue weighted by atomic mass is 10.1. The molecule has 3 amide bonds. The Bertz CT molecular complexity index is 938. The van der Waals surface area contributed by atoms with Crippen molar-refractivity contribution >= 4 is 23.4 Å². The number of carbonyl (C=O) groups is 3. The summed E-state index contributed by atoms with van der Waals surface area (Å²) in [5.74, 6) is 0.232. The topological polar surface area (TPSA) is 70.2 Å². The monoisotopic (exact) mass is 423 g/mol. The summed E-state index contributed by atoms with van der Waals surface area (Å²) in [6, 6.07) is 14.8. The second-order valence-electron chi connectivity index (χ2n) is 8.03. The van der Waals surface area contributed by atoms with Crippen LogP contribution in [0.4, 0.5) is 5.69 Å². The van der Waals surface area contributed by atoms with E-state index in [4.69, 9.17) is 4.74 Å². The summed E-state index contributed by atoms with van der Waals surface area (Å²) in [7, 11) is 1.59. The quantitative estimate of drug-likeness (QED) is 0.687. The average Bonchev–Trinajstić information content (AvgIpc) is 3.14. The Balaban J connectivity index is 1.64. The van der Waals surface area contributed by atoms with Crippen molar-refractivity contribution in [2.75, 3.05) is 31.8 Å². The Morgan fingerprint density at radius 1 is 1.06 bits per heavy atom. The molecule has 0 unspecified atom stereocenters. The van der Waals surface area contributed by atoms with Crippen LogP contribution in [-0.4, -0.2) is 60.4 Å².